The van der Waals surface area contributed by atoms with Gasteiger partial charge >= 0.3 is 0 Å². The second-order valence-electron chi connectivity index (χ2n) is 0.958. The molecule has 0 saturated heterocycles. The Morgan fingerprint density at radius 1 is 1.44 bits per heavy atom. The average molecular weight is 123 g/mol. The Bertz CT molecular complexity index is 179. The van der Waals surface area contributed by atoms with Gasteiger partial charge in [-0.2, -0.15) is 5.26 Å². The lowest BCUT2D eigenvalue weighted by Crippen LogP contribution is -1.67. The number of nitriles is 1. The van der Waals surface area contributed by atoms with Crippen LogP contribution in [0.3, 0.4) is 0 Å². The molecule has 0 atom stereocenters. The Kier molecular flexibility index (Phi) is 5.25. The fourth-order valence-electron chi connectivity index (χ4n) is 0.164. The van der Waals surface area contributed by atoms with Crippen LogP contribution in [-0.2, 0) is 9.47 Å². The Hall–Kier alpha value is -1.61. The predicted octanol–water partition coefficient (Wildman–Crippen LogP) is 0.605. The molecule has 0 saturated carbocycles. The maximum atomic E-state index is 7.93. The highest BCUT2D eigenvalue weighted by Crippen LogP contribution is 1.71. The van der Waals surface area contributed by atoms with E-state index >= 15 is 0 Å². The second-order valence-corrected chi connectivity index (χ2v) is 0.958. The molecule has 0 aromatic carbocycles. The van der Waals surface area contributed by atoms with Crippen LogP contribution in [0.5, 0.6) is 0 Å². The fraction of sp³-hybridized carbons (Fsp3) is 0.167. The summed E-state index contributed by atoms with van der Waals surface area (Å²) in [4.78, 5) is 0. The molecular weight excluding hydrogens is 118 g/mol. The van der Waals surface area contributed by atoms with E-state index in [1.54, 1.807) is 6.07 Å². The molecule has 46 valence electrons. The molecular formula is C6H5NO2. The van der Waals surface area contributed by atoms with Crippen molar-refractivity contribution in [3.05, 3.63) is 12.3 Å². The molecule has 0 heterocycles. The molecule has 0 aromatic heterocycles. The van der Waals surface area contributed by atoms with Crippen molar-refractivity contribution >= 4 is 0 Å². The summed E-state index contributed by atoms with van der Waals surface area (Å²) in [6.45, 7) is 0. The van der Waals surface area contributed by atoms with Gasteiger partial charge in [0.05, 0.1) is 19.3 Å². The Morgan fingerprint density at radius 3 is 2.78 bits per heavy atom. The van der Waals surface area contributed by atoms with Crippen molar-refractivity contribution in [2.24, 2.45) is 0 Å². The van der Waals surface area contributed by atoms with Gasteiger partial charge in [-0.3, -0.25) is 0 Å². The van der Waals surface area contributed by atoms with Crippen LogP contribution in [0.15, 0.2) is 12.3 Å². The molecule has 0 amide bonds. The normalized spacial score (nSPS) is 7.11. The third-order valence-electron chi connectivity index (χ3n) is 0.413. The number of ether oxygens (including phenoxy) is 2. The van der Waals surface area contributed by atoms with E-state index in [1.165, 1.54) is 19.4 Å². The number of rotatable bonds is 1. The molecule has 0 N–H and O–H groups in total. The number of allylic oxidation sites excluding steroid dienone is 1. The Labute approximate surface area is 53.5 Å². The van der Waals surface area contributed by atoms with E-state index < -0.39 is 0 Å². The van der Waals surface area contributed by atoms with E-state index in [4.69, 9.17) is 5.26 Å². The summed E-state index contributed by atoms with van der Waals surface area (Å²) in [6, 6.07) is 1.73. The highest BCUT2D eigenvalue weighted by molar-refractivity contribution is 4.99. The number of hydrogen-bond acceptors (Lipinski definition) is 3. The van der Waals surface area contributed by atoms with Crippen LogP contribution in [0.2, 0.25) is 0 Å². The second kappa shape index (κ2) is 6.39. The van der Waals surface area contributed by atoms with Crippen LogP contribution in [0.4, 0.5) is 0 Å². The third kappa shape index (κ3) is 6.39. The molecule has 0 unspecified atom stereocenters. The van der Waals surface area contributed by atoms with Gasteiger partial charge in [0.2, 0.25) is 0 Å². The SMILES string of the molecule is COC#CO/C=C/C#N. The minimum Gasteiger partial charge on any atom is -0.448 e. The smallest absolute Gasteiger partial charge is 0.160 e. The maximum absolute atomic E-state index is 7.93. The zero-order valence-corrected chi connectivity index (χ0v) is 4.92. The zero-order chi connectivity index (χ0) is 6.95. The maximum Gasteiger partial charge on any atom is 0.160 e. The van der Waals surface area contributed by atoms with Crippen molar-refractivity contribution in [3.63, 3.8) is 0 Å². The predicted molar refractivity (Wildman–Crippen MR) is 30.6 cm³/mol. The molecule has 0 aliphatic heterocycles. The van der Waals surface area contributed by atoms with Crippen LogP contribution in [0.1, 0.15) is 0 Å². The molecule has 0 bridgehead atoms. The van der Waals surface area contributed by atoms with Crippen molar-refractivity contribution < 1.29 is 9.47 Å². The largest absolute Gasteiger partial charge is 0.448 e. The number of hydrogen-bond donors (Lipinski definition) is 0. The summed E-state index contributed by atoms with van der Waals surface area (Å²) in [6.07, 6.45) is 6.68. The van der Waals surface area contributed by atoms with Gasteiger partial charge in [-0.1, -0.05) is 0 Å². The minimum atomic E-state index is 1.17. The van der Waals surface area contributed by atoms with Gasteiger partial charge in [0.1, 0.15) is 6.26 Å². The van der Waals surface area contributed by atoms with Gasteiger partial charge in [-0.15, -0.1) is 0 Å². The van der Waals surface area contributed by atoms with Crippen LogP contribution >= 0.6 is 0 Å². The minimum absolute atomic E-state index is 1.17. The zero-order valence-electron chi connectivity index (χ0n) is 4.92. The van der Waals surface area contributed by atoms with Gasteiger partial charge in [-0.25, -0.2) is 0 Å². The Balaban J connectivity index is 3.31. The molecule has 0 radical (unpaired) electrons. The highest BCUT2D eigenvalue weighted by atomic mass is 16.5. The molecule has 0 fully saturated rings. The third-order valence-corrected chi connectivity index (χ3v) is 0.413. The van der Waals surface area contributed by atoms with E-state index in [1.807, 2.05) is 0 Å². The van der Waals surface area contributed by atoms with Gasteiger partial charge in [0.25, 0.3) is 0 Å². The van der Waals surface area contributed by atoms with E-state index in [0.29, 0.717) is 0 Å². The van der Waals surface area contributed by atoms with Crippen molar-refractivity contribution in [1.29, 1.82) is 5.26 Å². The standard InChI is InChI=1S/C6H5NO2/c1-8-5-6-9-4-2-3-7/h2,4H,1H3/b4-2+. The van der Waals surface area contributed by atoms with E-state index in [9.17, 15) is 0 Å². The molecule has 9 heavy (non-hydrogen) atoms. The van der Waals surface area contributed by atoms with Crippen LogP contribution in [0.25, 0.3) is 0 Å². The highest BCUT2D eigenvalue weighted by Gasteiger charge is 1.64. The average Bonchev–Trinajstić information content (AvgIpc) is 1.89. The van der Waals surface area contributed by atoms with Crippen molar-refractivity contribution in [2.45, 2.75) is 0 Å². The summed E-state index contributed by atoms with van der Waals surface area (Å²) in [7, 11) is 1.42. The Morgan fingerprint density at radius 2 is 2.22 bits per heavy atom. The van der Waals surface area contributed by atoms with Crippen LogP contribution in [0, 0.1) is 23.5 Å². The summed E-state index contributed by atoms with van der Waals surface area (Å²) in [5.41, 5.74) is 0. The first kappa shape index (κ1) is 7.39. The van der Waals surface area contributed by atoms with Gasteiger partial charge in [-0.05, 0) is 0 Å². The monoisotopic (exact) mass is 123 g/mol. The van der Waals surface area contributed by atoms with Gasteiger partial charge in [0, 0.05) is 0 Å². The van der Waals surface area contributed by atoms with Gasteiger partial charge in [0.15, 0.2) is 12.2 Å². The van der Waals surface area contributed by atoms with E-state index in [-0.39, 0.29) is 0 Å². The number of methoxy groups -OCH3 is 1. The first-order valence-corrected chi connectivity index (χ1v) is 2.15. The van der Waals surface area contributed by atoms with E-state index in [0.717, 1.165) is 0 Å². The molecule has 0 aliphatic rings. The lowest BCUT2D eigenvalue weighted by Gasteiger charge is -1.78. The van der Waals surface area contributed by atoms with E-state index in [2.05, 4.69) is 21.7 Å². The van der Waals surface area contributed by atoms with Crippen molar-refractivity contribution in [2.75, 3.05) is 7.11 Å². The quantitative estimate of drug-likeness (QED) is 0.291. The topological polar surface area (TPSA) is 42.2 Å². The first-order valence-electron chi connectivity index (χ1n) is 2.15. The van der Waals surface area contributed by atoms with Crippen molar-refractivity contribution in [3.8, 4) is 18.3 Å². The molecule has 0 aliphatic carbocycles. The molecule has 0 rings (SSSR count). The summed E-state index contributed by atoms with van der Waals surface area (Å²) in [5, 5.41) is 7.93. The summed E-state index contributed by atoms with van der Waals surface area (Å²) >= 11 is 0. The molecule has 3 nitrogen and oxygen atoms in total. The van der Waals surface area contributed by atoms with Crippen LogP contribution in [-0.4, -0.2) is 7.11 Å². The summed E-state index contributed by atoms with van der Waals surface area (Å²) in [5.74, 6) is 0. The molecule has 0 aromatic rings. The first-order chi connectivity index (χ1) is 4.41. The lowest BCUT2D eigenvalue weighted by molar-refractivity contribution is 0.356. The lowest BCUT2D eigenvalue weighted by atomic mass is 10.7. The number of nitrogens with zero attached hydrogens (tertiary/aromatic N) is 1. The molecule has 0 spiro atoms. The summed E-state index contributed by atoms with van der Waals surface area (Å²) < 4.78 is 8.74. The van der Waals surface area contributed by atoms with Crippen LogP contribution < -0.4 is 0 Å². The van der Waals surface area contributed by atoms with Crippen molar-refractivity contribution in [1.82, 2.24) is 0 Å². The molecule has 3 heteroatoms. The fourth-order valence-corrected chi connectivity index (χ4v) is 0.164. The van der Waals surface area contributed by atoms with Gasteiger partial charge < -0.3 is 9.47 Å².